The van der Waals surface area contributed by atoms with E-state index in [0.29, 0.717) is 25.7 Å². The van der Waals surface area contributed by atoms with Crippen LogP contribution in [-0.2, 0) is 20.6 Å². The van der Waals surface area contributed by atoms with E-state index in [4.69, 9.17) is 5.11 Å². The molecule has 0 atom stereocenters. The van der Waals surface area contributed by atoms with Crippen molar-refractivity contribution in [2.24, 2.45) is 5.92 Å². The summed E-state index contributed by atoms with van der Waals surface area (Å²) < 4.78 is 27.0. The van der Waals surface area contributed by atoms with Gasteiger partial charge < -0.3 is 5.11 Å². The quantitative estimate of drug-likeness (QED) is 0.872. The van der Waals surface area contributed by atoms with Crippen LogP contribution < -0.4 is 4.72 Å². The van der Waals surface area contributed by atoms with Crippen molar-refractivity contribution in [3.8, 4) is 0 Å². The maximum Gasteiger partial charge on any atom is 0.306 e. The predicted molar refractivity (Wildman–Crippen MR) is 80.3 cm³/mol. The highest BCUT2D eigenvalue weighted by molar-refractivity contribution is 7.88. The maximum absolute atomic E-state index is 12.2. The molecule has 0 aromatic heterocycles. The van der Waals surface area contributed by atoms with E-state index >= 15 is 0 Å². The summed E-state index contributed by atoms with van der Waals surface area (Å²) in [6.45, 7) is 1.93. The van der Waals surface area contributed by atoms with Gasteiger partial charge in [0.2, 0.25) is 10.0 Å². The first-order chi connectivity index (χ1) is 9.85. The molecule has 1 aliphatic carbocycles. The second-order valence-corrected chi connectivity index (χ2v) is 7.51. The molecule has 0 bridgehead atoms. The summed E-state index contributed by atoms with van der Waals surface area (Å²) in [7, 11) is -3.39. The van der Waals surface area contributed by atoms with Crippen molar-refractivity contribution in [2.75, 3.05) is 0 Å². The molecule has 116 valence electrons. The molecule has 1 fully saturated rings. The number of aryl methyl sites for hydroxylation is 1. The van der Waals surface area contributed by atoms with Crippen LogP contribution in [0.1, 0.15) is 36.8 Å². The van der Waals surface area contributed by atoms with Crippen LogP contribution in [0.4, 0.5) is 0 Å². The Balaban J connectivity index is 1.91. The van der Waals surface area contributed by atoms with E-state index in [-0.39, 0.29) is 17.7 Å². The van der Waals surface area contributed by atoms with E-state index < -0.39 is 16.0 Å². The first-order valence-electron chi connectivity index (χ1n) is 7.14. The van der Waals surface area contributed by atoms with Gasteiger partial charge in [0.15, 0.2) is 0 Å². The summed E-state index contributed by atoms with van der Waals surface area (Å²) in [5.41, 5.74) is 1.80. The Morgan fingerprint density at radius 2 is 1.95 bits per heavy atom. The van der Waals surface area contributed by atoms with Gasteiger partial charge in [-0.25, -0.2) is 13.1 Å². The van der Waals surface area contributed by atoms with Gasteiger partial charge in [-0.1, -0.05) is 29.8 Å². The molecule has 1 aromatic carbocycles. The van der Waals surface area contributed by atoms with Crippen molar-refractivity contribution in [3.63, 3.8) is 0 Å². The number of carboxylic acids is 1. The van der Waals surface area contributed by atoms with E-state index in [1.165, 1.54) is 0 Å². The minimum absolute atomic E-state index is 0.0342. The van der Waals surface area contributed by atoms with E-state index in [1.807, 2.05) is 25.1 Å². The van der Waals surface area contributed by atoms with E-state index in [0.717, 1.165) is 11.1 Å². The van der Waals surface area contributed by atoms with Crippen LogP contribution in [0.3, 0.4) is 0 Å². The Morgan fingerprint density at radius 1 is 1.29 bits per heavy atom. The zero-order chi connectivity index (χ0) is 15.5. The number of carboxylic acid groups (broad SMARTS) is 1. The van der Waals surface area contributed by atoms with Crippen LogP contribution in [0.5, 0.6) is 0 Å². The van der Waals surface area contributed by atoms with Crippen LogP contribution in [-0.4, -0.2) is 25.5 Å². The van der Waals surface area contributed by atoms with Gasteiger partial charge in [-0.2, -0.15) is 0 Å². The van der Waals surface area contributed by atoms with Gasteiger partial charge in [-0.05, 0) is 38.2 Å². The number of benzene rings is 1. The summed E-state index contributed by atoms with van der Waals surface area (Å²) >= 11 is 0. The third kappa shape index (κ3) is 4.82. The highest BCUT2D eigenvalue weighted by Crippen LogP contribution is 2.25. The highest BCUT2D eigenvalue weighted by atomic mass is 32.2. The third-order valence-corrected chi connectivity index (χ3v) is 5.27. The average Bonchev–Trinajstić information content (AvgIpc) is 2.38. The largest absolute Gasteiger partial charge is 0.481 e. The number of hydrogen-bond acceptors (Lipinski definition) is 3. The zero-order valence-electron chi connectivity index (χ0n) is 12.1. The van der Waals surface area contributed by atoms with E-state index in [1.54, 1.807) is 6.07 Å². The zero-order valence-corrected chi connectivity index (χ0v) is 12.9. The summed E-state index contributed by atoms with van der Waals surface area (Å²) in [6.07, 6.45) is 2.24. The molecule has 0 radical (unpaired) electrons. The molecule has 21 heavy (non-hydrogen) atoms. The highest BCUT2D eigenvalue weighted by Gasteiger charge is 2.28. The van der Waals surface area contributed by atoms with Gasteiger partial charge >= 0.3 is 5.97 Å². The van der Waals surface area contributed by atoms with Gasteiger partial charge in [-0.3, -0.25) is 4.79 Å². The molecular weight excluding hydrogens is 290 g/mol. The molecule has 2 rings (SSSR count). The molecule has 0 unspecified atom stereocenters. The maximum atomic E-state index is 12.2. The normalized spacial score (nSPS) is 22.9. The van der Waals surface area contributed by atoms with Crippen LogP contribution >= 0.6 is 0 Å². The summed E-state index contributed by atoms with van der Waals surface area (Å²) in [5, 5.41) is 8.94. The lowest BCUT2D eigenvalue weighted by molar-refractivity contribution is -0.142. The van der Waals surface area contributed by atoms with Crippen LogP contribution in [0.15, 0.2) is 24.3 Å². The van der Waals surface area contributed by atoms with Crippen molar-refractivity contribution in [1.29, 1.82) is 0 Å². The van der Waals surface area contributed by atoms with Gasteiger partial charge in [0.25, 0.3) is 0 Å². The van der Waals surface area contributed by atoms with Crippen LogP contribution in [0.25, 0.3) is 0 Å². The Bertz CT molecular complexity index is 604. The van der Waals surface area contributed by atoms with Crippen LogP contribution in [0, 0.1) is 12.8 Å². The standard InChI is InChI=1S/C15H21NO4S/c1-11-3-2-4-12(9-11)10-21(19,20)16-14-7-5-13(6-8-14)15(17)18/h2-4,9,13-14,16H,5-8,10H2,1H3,(H,17,18). The van der Waals surface area contributed by atoms with Crippen molar-refractivity contribution >= 4 is 16.0 Å². The lowest BCUT2D eigenvalue weighted by Crippen LogP contribution is -2.39. The molecular formula is C15H21NO4S. The van der Waals surface area contributed by atoms with Gasteiger partial charge in [0.1, 0.15) is 0 Å². The molecule has 0 aliphatic heterocycles. The van der Waals surface area contributed by atoms with E-state index in [9.17, 15) is 13.2 Å². The van der Waals surface area contributed by atoms with Crippen LogP contribution in [0.2, 0.25) is 0 Å². The minimum atomic E-state index is -3.39. The number of rotatable bonds is 5. The fourth-order valence-electron chi connectivity index (χ4n) is 2.78. The number of nitrogens with one attached hydrogen (secondary N) is 1. The third-order valence-electron chi connectivity index (χ3n) is 3.86. The lowest BCUT2D eigenvalue weighted by Gasteiger charge is -2.26. The average molecular weight is 311 g/mol. The Labute approximate surface area is 125 Å². The van der Waals surface area contributed by atoms with Crippen molar-refractivity contribution in [2.45, 2.75) is 44.4 Å². The monoisotopic (exact) mass is 311 g/mol. The fourth-order valence-corrected chi connectivity index (χ4v) is 4.22. The smallest absolute Gasteiger partial charge is 0.306 e. The fraction of sp³-hybridized carbons (Fsp3) is 0.533. The molecule has 0 saturated heterocycles. The number of carbonyl (C=O) groups is 1. The Morgan fingerprint density at radius 3 is 2.52 bits per heavy atom. The molecule has 2 N–H and O–H groups in total. The van der Waals surface area contributed by atoms with Crippen molar-refractivity contribution < 1.29 is 18.3 Å². The van der Waals surface area contributed by atoms with Crippen molar-refractivity contribution in [1.82, 2.24) is 4.72 Å². The Hall–Kier alpha value is -1.40. The predicted octanol–water partition coefficient (Wildman–Crippen LogP) is 2.06. The Kier molecular flexibility index (Phi) is 5.00. The SMILES string of the molecule is Cc1cccc(CS(=O)(=O)NC2CCC(C(=O)O)CC2)c1. The van der Waals surface area contributed by atoms with E-state index in [2.05, 4.69) is 4.72 Å². The summed E-state index contributed by atoms with van der Waals surface area (Å²) in [6, 6.07) is 7.29. The first kappa shape index (κ1) is 16.0. The van der Waals surface area contributed by atoms with Gasteiger partial charge in [0, 0.05) is 6.04 Å². The van der Waals surface area contributed by atoms with Crippen molar-refractivity contribution in [3.05, 3.63) is 35.4 Å². The minimum Gasteiger partial charge on any atom is -0.481 e. The molecule has 1 aromatic rings. The first-order valence-corrected chi connectivity index (χ1v) is 8.79. The second kappa shape index (κ2) is 6.58. The molecule has 5 nitrogen and oxygen atoms in total. The van der Waals surface area contributed by atoms with Gasteiger partial charge in [-0.15, -0.1) is 0 Å². The molecule has 1 aliphatic rings. The topological polar surface area (TPSA) is 83.5 Å². The number of sulfonamides is 1. The molecule has 0 amide bonds. The molecule has 6 heteroatoms. The van der Waals surface area contributed by atoms with Gasteiger partial charge in [0.05, 0.1) is 11.7 Å². The summed E-state index contributed by atoms with van der Waals surface area (Å²) in [4.78, 5) is 10.9. The second-order valence-electron chi connectivity index (χ2n) is 5.75. The molecule has 0 heterocycles. The summed E-state index contributed by atoms with van der Waals surface area (Å²) in [5.74, 6) is -1.15. The lowest BCUT2D eigenvalue weighted by atomic mass is 9.87. The molecule has 0 spiro atoms. The molecule has 1 saturated carbocycles. The number of aliphatic carboxylic acids is 1. The number of hydrogen-bond donors (Lipinski definition) is 2.